The van der Waals surface area contributed by atoms with Crippen LogP contribution in [0.15, 0.2) is 24.3 Å². The number of nitrogens with one attached hydrogen (secondary N) is 1. The summed E-state index contributed by atoms with van der Waals surface area (Å²) in [5.41, 5.74) is 2.57. The molecule has 1 unspecified atom stereocenters. The van der Waals surface area contributed by atoms with Crippen molar-refractivity contribution in [2.45, 2.75) is 38.6 Å². The number of aryl methyl sites for hydroxylation is 1. The molecule has 1 aromatic rings. The zero-order valence-corrected chi connectivity index (χ0v) is 15.4. The Morgan fingerprint density at radius 3 is 2.32 bits per heavy atom. The number of hydrogen-bond acceptors (Lipinski definition) is 3. The number of carbonyl (C=O) groups excluding carboxylic acids is 1. The smallest absolute Gasteiger partial charge is 0.317 e. The molecule has 0 saturated carbocycles. The molecule has 1 atom stereocenters. The fourth-order valence-electron chi connectivity index (χ4n) is 3.72. The van der Waals surface area contributed by atoms with E-state index >= 15 is 0 Å². The predicted octanol–water partition coefficient (Wildman–Crippen LogP) is 2.95. The van der Waals surface area contributed by atoms with Gasteiger partial charge in [-0.05, 0) is 38.4 Å². The number of likely N-dealkylation sites (tertiary alicyclic amines) is 1. The molecular weight excluding hydrogens is 314 g/mol. The fourth-order valence-corrected chi connectivity index (χ4v) is 3.72. The third-order valence-corrected chi connectivity index (χ3v) is 5.29. The van der Waals surface area contributed by atoms with Crippen LogP contribution in [-0.4, -0.2) is 61.8 Å². The molecule has 0 spiro atoms. The van der Waals surface area contributed by atoms with Crippen LogP contribution in [-0.2, 0) is 4.74 Å². The normalized spacial score (nSPS) is 20.8. The highest BCUT2D eigenvalue weighted by molar-refractivity contribution is 5.74. The standard InChI is InChI=1S/C20H31N3O2/c1-17-6-8-18(9-7-17)19(22-10-4-2-3-5-11-22)16-21-20(24)23-12-14-25-15-13-23/h6-9,19H,2-5,10-16H2,1H3,(H,21,24). The molecule has 0 radical (unpaired) electrons. The lowest BCUT2D eigenvalue weighted by Gasteiger charge is -2.33. The summed E-state index contributed by atoms with van der Waals surface area (Å²) in [5, 5.41) is 3.17. The zero-order chi connectivity index (χ0) is 17.5. The van der Waals surface area contributed by atoms with Crippen molar-refractivity contribution in [3.8, 4) is 0 Å². The van der Waals surface area contributed by atoms with Gasteiger partial charge in [0.25, 0.3) is 0 Å². The maximum absolute atomic E-state index is 12.5. The lowest BCUT2D eigenvalue weighted by molar-refractivity contribution is 0.0526. The molecule has 2 aliphatic rings. The van der Waals surface area contributed by atoms with Crippen LogP contribution in [0.5, 0.6) is 0 Å². The van der Waals surface area contributed by atoms with E-state index in [0.717, 1.165) is 13.1 Å². The third-order valence-electron chi connectivity index (χ3n) is 5.29. The quantitative estimate of drug-likeness (QED) is 0.912. The van der Waals surface area contributed by atoms with Gasteiger partial charge in [0, 0.05) is 19.6 Å². The van der Waals surface area contributed by atoms with Gasteiger partial charge in [-0.1, -0.05) is 42.7 Å². The summed E-state index contributed by atoms with van der Waals surface area (Å²) in [5.74, 6) is 0. The lowest BCUT2D eigenvalue weighted by atomic mass is 10.0. The van der Waals surface area contributed by atoms with Gasteiger partial charge in [-0.2, -0.15) is 0 Å². The Labute approximate surface area is 151 Å². The van der Waals surface area contributed by atoms with Crippen LogP contribution in [0, 0.1) is 6.92 Å². The summed E-state index contributed by atoms with van der Waals surface area (Å²) in [6.07, 6.45) is 5.13. The number of amides is 2. The SMILES string of the molecule is Cc1ccc(C(CNC(=O)N2CCOCC2)N2CCCCCC2)cc1. The first kappa shape index (κ1) is 18.2. The molecule has 5 heteroatoms. The van der Waals surface area contributed by atoms with E-state index in [2.05, 4.69) is 41.4 Å². The number of hydrogen-bond donors (Lipinski definition) is 1. The number of morpholine rings is 1. The molecule has 0 aromatic heterocycles. The number of rotatable bonds is 4. The molecule has 0 bridgehead atoms. The van der Waals surface area contributed by atoms with E-state index in [1.54, 1.807) is 0 Å². The maximum Gasteiger partial charge on any atom is 0.317 e. The Morgan fingerprint density at radius 1 is 1.04 bits per heavy atom. The van der Waals surface area contributed by atoms with Gasteiger partial charge in [-0.3, -0.25) is 4.90 Å². The van der Waals surface area contributed by atoms with Gasteiger partial charge in [-0.25, -0.2) is 4.79 Å². The molecule has 3 rings (SSSR count). The van der Waals surface area contributed by atoms with E-state index in [9.17, 15) is 4.79 Å². The average Bonchev–Trinajstić information content (AvgIpc) is 2.93. The van der Waals surface area contributed by atoms with Gasteiger partial charge in [-0.15, -0.1) is 0 Å². The minimum atomic E-state index is 0.0373. The van der Waals surface area contributed by atoms with Crippen molar-refractivity contribution in [2.24, 2.45) is 0 Å². The zero-order valence-electron chi connectivity index (χ0n) is 15.4. The van der Waals surface area contributed by atoms with Crippen LogP contribution in [0.1, 0.15) is 42.9 Å². The first-order chi connectivity index (χ1) is 12.2. The second-order valence-corrected chi connectivity index (χ2v) is 7.16. The predicted molar refractivity (Wildman–Crippen MR) is 99.8 cm³/mol. The van der Waals surface area contributed by atoms with Crippen molar-refractivity contribution in [1.82, 2.24) is 15.1 Å². The molecule has 1 N–H and O–H groups in total. The number of carbonyl (C=O) groups is 1. The van der Waals surface area contributed by atoms with Crippen molar-refractivity contribution in [3.63, 3.8) is 0 Å². The highest BCUT2D eigenvalue weighted by Gasteiger charge is 2.24. The molecule has 2 fully saturated rings. The van der Waals surface area contributed by atoms with Crippen LogP contribution >= 0.6 is 0 Å². The van der Waals surface area contributed by atoms with Gasteiger partial charge in [0.2, 0.25) is 0 Å². The Balaban J connectivity index is 1.66. The van der Waals surface area contributed by atoms with Crippen molar-refractivity contribution < 1.29 is 9.53 Å². The van der Waals surface area contributed by atoms with E-state index in [4.69, 9.17) is 4.74 Å². The molecule has 2 saturated heterocycles. The van der Waals surface area contributed by atoms with Crippen LogP contribution in [0.4, 0.5) is 4.79 Å². The molecular formula is C20H31N3O2. The van der Waals surface area contributed by atoms with E-state index in [0.29, 0.717) is 32.8 Å². The Morgan fingerprint density at radius 2 is 1.68 bits per heavy atom. The van der Waals surface area contributed by atoms with Gasteiger partial charge in [0.15, 0.2) is 0 Å². The largest absolute Gasteiger partial charge is 0.378 e. The molecule has 138 valence electrons. The first-order valence-corrected chi connectivity index (χ1v) is 9.65. The maximum atomic E-state index is 12.5. The summed E-state index contributed by atoms with van der Waals surface area (Å²) in [4.78, 5) is 16.9. The summed E-state index contributed by atoms with van der Waals surface area (Å²) in [6.45, 7) is 7.67. The van der Waals surface area contributed by atoms with E-state index in [-0.39, 0.29) is 12.1 Å². The highest BCUT2D eigenvalue weighted by Crippen LogP contribution is 2.24. The fraction of sp³-hybridized carbons (Fsp3) is 0.650. The molecule has 5 nitrogen and oxygen atoms in total. The van der Waals surface area contributed by atoms with Crippen LogP contribution in [0.2, 0.25) is 0 Å². The molecule has 2 amide bonds. The average molecular weight is 345 g/mol. The molecule has 1 aromatic carbocycles. The van der Waals surface area contributed by atoms with Crippen molar-refractivity contribution in [3.05, 3.63) is 35.4 Å². The lowest BCUT2D eigenvalue weighted by Crippen LogP contribution is -2.48. The molecule has 0 aliphatic carbocycles. The van der Waals surface area contributed by atoms with Crippen molar-refractivity contribution in [2.75, 3.05) is 45.9 Å². The van der Waals surface area contributed by atoms with Crippen LogP contribution in [0.3, 0.4) is 0 Å². The summed E-state index contributed by atoms with van der Waals surface area (Å²) < 4.78 is 5.34. The van der Waals surface area contributed by atoms with Crippen LogP contribution in [0.25, 0.3) is 0 Å². The Hall–Kier alpha value is -1.59. The highest BCUT2D eigenvalue weighted by atomic mass is 16.5. The number of urea groups is 1. The van der Waals surface area contributed by atoms with Gasteiger partial charge < -0.3 is 15.0 Å². The minimum Gasteiger partial charge on any atom is -0.378 e. The van der Waals surface area contributed by atoms with E-state index in [1.165, 1.54) is 36.8 Å². The second-order valence-electron chi connectivity index (χ2n) is 7.16. The Kier molecular flexibility index (Phi) is 6.70. The number of benzene rings is 1. The molecule has 2 aliphatic heterocycles. The number of ether oxygens (including phenoxy) is 1. The Bertz CT molecular complexity index is 532. The summed E-state index contributed by atoms with van der Waals surface area (Å²) >= 11 is 0. The van der Waals surface area contributed by atoms with Gasteiger partial charge in [0.05, 0.1) is 19.3 Å². The van der Waals surface area contributed by atoms with E-state index < -0.39 is 0 Å². The van der Waals surface area contributed by atoms with Gasteiger partial charge in [0.1, 0.15) is 0 Å². The minimum absolute atomic E-state index is 0.0373. The van der Waals surface area contributed by atoms with Gasteiger partial charge >= 0.3 is 6.03 Å². The molecule has 2 heterocycles. The second kappa shape index (κ2) is 9.20. The summed E-state index contributed by atoms with van der Waals surface area (Å²) in [6, 6.07) is 9.06. The monoisotopic (exact) mass is 345 g/mol. The van der Waals surface area contributed by atoms with Crippen molar-refractivity contribution in [1.29, 1.82) is 0 Å². The van der Waals surface area contributed by atoms with Crippen molar-refractivity contribution >= 4 is 6.03 Å². The number of nitrogens with zero attached hydrogens (tertiary/aromatic N) is 2. The van der Waals surface area contributed by atoms with Crippen LogP contribution < -0.4 is 5.32 Å². The van der Waals surface area contributed by atoms with E-state index in [1.807, 2.05) is 4.90 Å². The third kappa shape index (κ3) is 5.19. The molecule has 25 heavy (non-hydrogen) atoms. The first-order valence-electron chi connectivity index (χ1n) is 9.65. The topological polar surface area (TPSA) is 44.8 Å². The summed E-state index contributed by atoms with van der Waals surface area (Å²) in [7, 11) is 0.